The average Bonchev–Trinajstić information content (AvgIpc) is 3.46. The van der Waals surface area contributed by atoms with Crippen LogP contribution in [0.1, 0.15) is 89.9 Å². The van der Waals surface area contributed by atoms with Crippen LogP contribution in [0.2, 0.25) is 0 Å². The molecule has 0 radical (unpaired) electrons. The van der Waals surface area contributed by atoms with Gasteiger partial charge in [0.2, 0.25) is 0 Å². The van der Waals surface area contributed by atoms with Gasteiger partial charge >= 0.3 is 12.3 Å². The number of hydroxylamine groups is 6. The number of fused-ring (bicyclic) bond motifs is 2. The number of amides is 6. The molecule has 19 heteroatoms. The molecule has 3 aliphatic heterocycles. The van der Waals surface area contributed by atoms with Gasteiger partial charge in [-0.2, -0.15) is 4.79 Å². The van der Waals surface area contributed by atoms with E-state index in [9.17, 15) is 38.4 Å². The van der Waals surface area contributed by atoms with Crippen LogP contribution in [0, 0.1) is 23.7 Å². The molecule has 2 N–H and O–H groups in total. The van der Waals surface area contributed by atoms with E-state index in [4.69, 9.17) is 38.2 Å². The number of nitrogens with zero attached hydrogens (tertiary/aromatic N) is 3. The second-order valence-corrected chi connectivity index (χ2v) is 13.9. The minimum atomic E-state index is -1.48. The van der Waals surface area contributed by atoms with Gasteiger partial charge in [0.25, 0.3) is 35.4 Å². The van der Waals surface area contributed by atoms with Crippen LogP contribution >= 0.6 is 23.2 Å². The summed E-state index contributed by atoms with van der Waals surface area (Å²) in [6.07, 6.45) is 9.75. The summed E-state index contributed by atoms with van der Waals surface area (Å²) < 4.78 is 5.06. The molecule has 0 bridgehead atoms. The van der Waals surface area contributed by atoms with E-state index < -0.39 is 47.8 Å². The normalized spacial score (nSPS) is 29.5. The van der Waals surface area contributed by atoms with E-state index in [1.807, 2.05) is 12.2 Å². The Kier molecular flexibility index (Phi) is 14.6. The number of hydrogen-bond acceptors (Lipinski definition) is 14. The summed E-state index contributed by atoms with van der Waals surface area (Å²) in [5, 5.41) is 18.8. The van der Waals surface area contributed by atoms with Gasteiger partial charge in [-0.25, -0.2) is 4.79 Å². The maximum atomic E-state index is 11.4. The lowest BCUT2D eigenvalue weighted by atomic mass is 10.2. The third kappa shape index (κ3) is 12.1. The molecule has 6 amide bonds. The maximum absolute atomic E-state index is 11.4. The second kappa shape index (κ2) is 18.6. The minimum absolute atomic E-state index is 0.0618. The molecule has 3 heterocycles. The molecule has 3 saturated heterocycles. The molecule has 2 unspecified atom stereocenters. The molecule has 6 atom stereocenters. The van der Waals surface area contributed by atoms with Crippen LogP contribution in [0.25, 0.3) is 0 Å². The van der Waals surface area contributed by atoms with Crippen LogP contribution in [-0.4, -0.2) is 96.8 Å². The Morgan fingerprint density at radius 1 is 0.549 bits per heavy atom. The van der Waals surface area contributed by atoms with Gasteiger partial charge in [0, 0.05) is 38.5 Å². The lowest BCUT2D eigenvalue weighted by molar-refractivity contribution is -0.198. The largest absolute Gasteiger partial charge is 0.560 e. The number of alkyl halides is 2. The molecule has 0 aromatic carbocycles. The zero-order chi connectivity index (χ0) is 37.2. The van der Waals surface area contributed by atoms with Crippen LogP contribution in [0.5, 0.6) is 0 Å². The molecule has 8 rings (SSSR count). The van der Waals surface area contributed by atoms with Crippen molar-refractivity contribution in [1.82, 2.24) is 15.2 Å². The number of aliphatic hydroxyl groups excluding tert-OH is 2. The van der Waals surface area contributed by atoms with E-state index in [2.05, 4.69) is 14.5 Å². The average molecular weight is 763 g/mol. The van der Waals surface area contributed by atoms with Crippen molar-refractivity contribution in [3.05, 3.63) is 12.2 Å². The molecule has 7 fully saturated rings. The lowest BCUT2D eigenvalue weighted by Crippen LogP contribution is -2.37. The van der Waals surface area contributed by atoms with E-state index in [1.54, 1.807) is 0 Å². The smallest absolute Gasteiger partial charge is 0.429 e. The van der Waals surface area contributed by atoms with E-state index >= 15 is 0 Å². The fourth-order valence-electron chi connectivity index (χ4n) is 6.41. The molecule has 282 valence electrons. The molecule has 0 spiro atoms. The molecule has 17 nitrogen and oxygen atoms in total. The molecule has 51 heavy (non-hydrogen) atoms. The number of rotatable bonds is 4. The van der Waals surface area contributed by atoms with Crippen molar-refractivity contribution in [1.29, 1.82) is 0 Å². The molecule has 0 aromatic heterocycles. The summed E-state index contributed by atoms with van der Waals surface area (Å²) in [4.78, 5) is 103. The Hall–Kier alpha value is -3.80. The lowest BCUT2D eigenvalue weighted by Gasteiger charge is -2.16. The van der Waals surface area contributed by atoms with Crippen LogP contribution in [-0.2, 0) is 48.0 Å². The first-order chi connectivity index (χ1) is 24.3. The first-order valence-electron chi connectivity index (χ1n) is 16.8. The number of carbonyl (C=O) groups is 8. The summed E-state index contributed by atoms with van der Waals surface area (Å²) in [7, 11) is 0. The third-order valence-electron chi connectivity index (χ3n) is 9.18. The number of ether oxygens (including phenoxy) is 1. The van der Waals surface area contributed by atoms with Gasteiger partial charge in [0.15, 0.2) is 0 Å². The van der Waals surface area contributed by atoms with Crippen molar-refractivity contribution in [2.75, 3.05) is 5.34 Å². The topological polar surface area (TPSA) is 224 Å². The number of carbonyl (C=O) groups excluding carboxylic acids is 8. The van der Waals surface area contributed by atoms with Gasteiger partial charge in [0.05, 0.1) is 17.5 Å². The van der Waals surface area contributed by atoms with Crippen LogP contribution < -0.4 is 0 Å². The van der Waals surface area contributed by atoms with Crippen molar-refractivity contribution < 1.29 is 67.8 Å². The van der Waals surface area contributed by atoms with Gasteiger partial charge in [0.1, 0.15) is 6.10 Å². The maximum Gasteiger partial charge on any atom is 0.560 e. The van der Waals surface area contributed by atoms with Gasteiger partial charge < -0.3 is 14.9 Å². The second-order valence-electron chi connectivity index (χ2n) is 13.1. The Balaban J connectivity index is 0.000000161. The fourth-order valence-corrected chi connectivity index (χ4v) is 6.41. The standard InChI is InChI=1S/C11H13NO5.C9H8N2O7.C6H10O.C5H8O.CH2Cl2/c13-9-1-2-10(14)12(9)17-11(15)16-8-4-6-3-7(6)5-8;12-5-1-2-6(13)10(5)17-9(16)18-11-7(14)3-4-8(11)15;7-6-2-4-1-5(4)3-6;6-5-3-1-2-4-5;2-1-3/h6-8H,1-5H2;1-4H2;4-7H,1-3H2;1-2,5-6H,3-4H2;1H2/t6-,7+,8?;;4-,5+,6?;;. The van der Waals surface area contributed by atoms with Gasteiger partial charge in [-0.05, 0) is 75.0 Å². The molecule has 8 aliphatic rings. The first-order valence-corrected chi connectivity index (χ1v) is 17.8. The number of hydrogen-bond donors (Lipinski definition) is 2. The number of aliphatic hydroxyl groups is 2. The zero-order valence-corrected chi connectivity index (χ0v) is 29.2. The highest BCUT2D eigenvalue weighted by Crippen LogP contribution is 2.53. The van der Waals surface area contributed by atoms with Crippen molar-refractivity contribution in [2.24, 2.45) is 23.7 Å². The number of halogens is 2. The highest BCUT2D eigenvalue weighted by atomic mass is 35.5. The van der Waals surface area contributed by atoms with Crippen molar-refractivity contribution in [2.45, 2.75) is 108 Å². The zero-order valence-electron chi connectivity index (χ0n) is 27.7. The predicted molar refractivity (Wildman–Crippen MR) is 171 cm³/mol. The minimum Gasteiger partial charge on any atom is -0.429 e. The SMILES string of the molecule is ClCCl.O=C(OC1C[C@@H]2C[C@@H]2C1)ON1C(=O)CCC1=O.O=C(ON1C(=O)CCC1=O)ON1C(=O)CCC1=O.OC1CC=CC1.OC1C[C@@H]2C[C@@H]2C1. The Bertz CT molecular complexity index is 1280. The molecule has 4 saturated carbocycles. The van der Waals surface area contributed by atoms with E-state index in [1.165, 1.54) is 12.8 Å². The monoisotopic (exact) mass is 761 g/mol. The summed E-state index contributed by atoms with van der Waals surface area (Å²) in [5.74, 6) is -0.433. The third-order valence-corrected chi connectivity index (χ3v) is 9.18. The van der Waals surface area contributed by atoms with E-state index in [0.717, 1.165) is 50.4 Å². The number of imide groups is 3. The Labute approximate surface area is 302 Å². The van der Waals surface area contributed by atoms with E-state index in [-0.39, 0.29) is 72.3 Å². The quantitative estimate of drug-likeness (QED) is 0.182. The van der Waals surface area contributed by atoms with Crippen LogP contribution in [0.3, 0.4) is 0 Å². The van der Waals surface area contributed by atoms with Crippen molar-refractivity contribution >= 4 is 71.0 Å². The fraction of sp³-hybridized carbons (Fsp3) is 0.688. The van der Waals surface area contributed by atoms with E-state index in [0.29, 0.717) is 16.9 Å². The van der Waals surface area contributed by atoms with Crippen molar-refractivity contribution in [3.63, 3.8) is 0 Å². The summed E-state index contributed by atoms with van der Waals surface area (Å²) in [6.45, 7) is 0. The first kappa shape index (κ1) is 40.0. The molecular weight excluding hydrogens is 721 g/mol. The molecule has 5 aliphatic carbocycles. The van der Waals surface area contributed by atoms with Crippen LogP contribution in [0.15, 0.2) is 12.2 Å². The van der Waals surface area contributed by atoms with Crippen molar-refractivity contribution in [3.8, 4) is 0 Å². The summed E-state index contributed by atoms with van der Waals surface area (Å²) in [6, 6.07) is 0. The molecular formula is C32H41Cl2N3O14. The van der Waals surface area contributed by atoms with Gasteiger partial charge in [-0.3, -0.25) is 43.3 Å². The predicted octanol–water partition coefficient (Wildman–Crippen LogP) is 3.17. The highest BCUT2D eigenvalue weighted by molar-refractivity contribution is 6.40. The Morgan fingerprint density at radius 3 is 1.14 bits per heavy atom. The van der Waals surface area contributed by atoms with Gasteiger partial charge in [-0.15, -0.1) is 23.2 Å². The van der Waals surface area contributed by atoms with Gasteiger partial charge in [-0.1, -0.05) is 27.3 Å². The summed E-state index contributed by atoms with van der Waals surface area (Å²) >= 11 is 9.53. The summed E-state index contributed by atoms with van der Waals surface area (Å²) in [5.41, 5.74) is 0. The molecule has 0 aromatic rings. The van der Waals surface area contributed by atoms with Crippen LogP contribution in [0.4, 0.5) is 9.59 Å². The Morgan fingerprint density at radius 2 is 0.863 bits per heavy atom. The highest BCUT2D eigenvalue weighted by Gasteiger charge is 2.48.